The zero-order chi connectivity index (χ0) is 20.9. The molecule has 0 N–H and O–H groups in total. The molecule has 0 saturated carbocycles. The Hall–Kier alpha value is -3.26. The standard InChI is InChI=1S/C22H26N4O4/c1-25-21(15-30-18-9-7-17(27-2)8-10-18)23-24-22(25)26-11-12-29-20(14-26)16-5-4-6-19(13-16)28-3/h4-10,13,20H,11-12,14-15H2,1-3H3/t20-/m0/s1. The van der Waals surface area contributed by atoms with Gasteiger partial charge >= 0.3 is 0 Å². The molecule has 30 heavy (non-hydrogen) atoms. The van der Waals surface area contributed by atoms with Crippen molar-refractivity contribution in [3.63, 3.8) is 0 Å². The van der Waals surface area contributed by atoms with E-state index in [1.807, 2.05) is 54.1 Å². The smallest absolute Gasteiger partial charge is 0.227 e. The zero-order valence-electron chi connectivity index (χ0n) is 17.4. The molecule has 0 amide bonds. The summed E-state index contributed by atoms with van der Waals surface area (Å²) in [6.07, 6.45) is -0.0513. The second kappa shape index (κ2) is 9.04. The number of benzene rings is 2. The van der Waals surface area contributed by atoms with Crippen LogP contribution >= 0.6 is 0 Å². The van der Waals surface area contributed by atoms with Crippen LogP contribution in [0.25, 0.3) is 0 Å². The third-order valence-electron chi connectivity index (χ3n) is 5.18. The van der Waals surface area contributed by atoms with Gasteiger partial charge < -0.3 is 23.8 Å². The molecule has 8 nitrogen and oxygen atoms in total. The van der Waals surface area contributed by atoms with E-state index in [1.54, 1.807) is 14.2 Å². The Morgan fingerprint density at radius 2 is 1.77 bits per heavy atom. The minimum absolute atomic E-state index is 0.0513. The first-order valence-electron chi connectivity index (χ1n) is 9.83. The molecule has 8 heteroatoms. The van der Waals surface area contributed by atoms with Gasteiger partial charge in [-0.3, -0.25) is 4.57 Å². The number of hydrogen-bond donors (Lipinski definition) is 0. The minimum atomic E-state index is -0.0513. The Kier molecular flexibility index (Phi) is 6.04. The molecule has 0 bridgehead atoms. The number of hydrogen-bond acceptors (Lipinski definition) is 7. The van der Waals surface area contributed by atoms with Crippen LogP contribution in [0.2, 0.25) is 0 Å². The molecule has 1 aliphatic rings. The van der Waals surface area contributed by atoms with Crippen LogP contribution in [0.4, 0.5) is 5.95 Å². The number of nitrogens with zero attached hydrogens (tertiary/aromatic N) is 4. The molecule has 1 fully saturated rings. The predicted octanol–water partition coefficient (Wildman–Crippen LogP) is 2.99. The van der Waals surface area contributed by atoms with E-state index in [4.69, 9.17) is 18.9 Å². The van der Waals surface area contributed by atoms with E-state index in [0.717, 1.165) is 41.1 Å². The third kappa shape index (κ3) is 4.33. The maximum absolute atomic E-state index is 6.00. The van der Waals surface area contributed by atoms with Crippen molar-refractivity contribution in [2.24, 2.45) is 7.05 Å². The molecule has 1 aromatic heterocycles. The summed E-state index contributed by atoms with van der Waals surface area (Å²) < 4.78 is 24.3. The van der Waals surface area contributed by atoms with E-state index in [2.05, 4.69) is 21.2 Å². The third-order valence-corrected chi connectivity index (χ3v) is 5.18. The molecule has 0 spiro atoms. The van der Waals surface area contributed by atoms with E-state index in [9.17, 15) is 0 Å². The molecular formula is C22H26N4O4. The molecule has 1 atom stereocenters. The molecule has 1 saturated heterocycles. The number of rotatable bonds is 7. The minimum Gasteiger partial charge on any atom is -0.497 e. The Balaban J connectivity index is 1.43. The van der Waals surface area contributed by atoms with Gasteiger partial charge in [-0.05, 0) is 42.0 Å². The maximum atomic E-state index is 6.00. The van der Waals surface area contributed by atoms with Gasteiger partial charge in [0.15, 0.2) is 5.82 Å². The monoisotopic (exact) mass is 410 g/mol. The number of aromatic nitrogens is 3. The normalized spacial score (nSPS) is 16.4. The summed E-state index contributed by atoms with van der Waals surface area (Å²) in [7, 11) is 5.27. The van der Waals surface area contributed by atoms with Gasteiger partial charge in [-0.1, -0.05) is 12.1 Å². The largest absolute Gasteiger partial charge is 0.497 e. The first-order chi connectivity index (χ1) is 14.7. The summed E-state index contributed by atoms with van der Waals surface area (Å²) in [5.74, 6) is 3.93. The molecule has 2 aromatic carbocycles. The van der Waals surface area contributed by atoms with Crippen molar-refractivity contribution in [3.05, 3.63) is 59.9 Å². The molecule has 0 aliphatic carbocycles. The lowest BCUT2D eigenvalue weighted by Gasteiger charge is -2.33. The SMILES string of the molecule is COc1ccc(OCc2nnc(N3CCO[C@H](c4cccc(OC)c4)C3)n2C)cc1. The van der Waals surface area contributed by atoms with Crippen LogP contribution in [-0.4, -0.2) is 48.7 Å². The van der Waals surface area contributed by atoms with Crippen molar-refractivity contribution in [2.45, 2.75) is 12.7 Å². The van der Waals surface area contributed by atoms with E-state index in [0.29, 0.717) is 19.8 Å². The van der Waals surface area contributed by atoms with E-state index >= 15 is 0 Å². The van der Waals surface area contributed by atoms with Gasteiger partial charge in [-0.25, -0.2) is 0 Å². The van der Waals surface area contributed by atoms with E-state index < -0.39 is 0 Å². The fourth-order valence-electron chi connectivity index (χ4n) is 3.45. The first kappa shape index (κ1) is 20.0. The fraction of sp³-hybridized carbons (Fsp3) is 0.364. The topological polar surface area (TPSA) is 70.9 Å². The lowest BCUT2D eigenvalue weighted by Crippen LogP contribution is -2.39. The molecule has 158 valence electrons. The van der Waals surface area contributed by atoms with Gasteiger partial charge in [-0.15, -0.1) is 10.2 Å². The molecule has 4 rings (SSSR count). The Bertz CT molecular complexity index is 974. The van der Waals surface area contributed by atoms with Crippen molar-refractivity contribution in [1.82, 2.24) is 14.8 Å². The highest BCUT2D eigenvalue weighted by Gasteiger charge is 2.26. The number of methoxy groups -OCH3 is 2. The first-order valence-corrected chi connectivity index (χ1v) is 9.83. The van der Waals surface area contributed by atoms with E-state index in [-0.39, 0.29) is 6.10 Å². The average Bonchev–Trinajstić information content (AvgIpc) is 3.18. The average molecular weight is 410 g/mol. The van der Waals surface area contributed by atoms with Crippen LogP contribution in [0.1, 0.15) is 17.5 Å². The van der Waals surface area contributed by atoms with Crippen molar-refractivity contribution >= 4 is 5.95 Å². The molecular weight excluding hydrogens is 384 g/mol. The zero-order valence-corrected chi connectivity index (χ0v) is 17.4. The van der Waals surface area contributed by atoms with Gasteiger partial charge in [0.25, 0.3) is 0 Å². The van der Waals surface area contributed by atoms with Crippen LogP contribution in [0.5, 0.6) is 17.2 Å². The maximum Gasteiger partial charge on any atom is 0.227 e. The summed E-state index contributed by atoms with van der Waals surface area (Å²) in [5.41, 5.74) is 1.09. The van der Waals surface area contributed by atoms with Crippen LogP contribution in [0.15, 0.2) is 48.5 Å². The van der Waals surface area contributed by atoms with Gasteiger partial charge in [0.2, 0.25) is 5.95 Å². The van der Waals surface area contributed by atoms with Gasteiger partial charge in [0.05, 0.1) is 27.4 Å². The second-order valence-electron chi connectivity index (χ2n) is 7.02. The predicted molar refractivity (Wildman–Crippen MR) is 112 cm³/mol. The quantitative estimate of drug-likeness (QED) is 0.593. The van der Waals surface area contributed by atoms with Crippen molar-refractivity contribution in [3.8, 4) is 17.2 Å². The Morgan fingerprint density at radius 1 is 1.00 bits per heavy atom. The second-order valence-corrected chi connectivity index (χ2v) is 7.02. The van der Waals surface area contributed by atoms with Crippen LogP contribution in [-0.2, 0) is 18.4 Å². The Labute approximate surface area is 176 Å². The highest BCUT2D eigenvalue weighted by atomic mass is 16.5. The van der Waals surface area contributed by atoms with Gasteiger partial charge in [0.1, 0.15) is 30.0 Å². The van der Waals surface area contributed by atoms with Crippen LogP contribution in [0, 0.1) is 0 Å². The summed E-state index contributed by atoms with van der Waals surface area (Å²) in [6, 6.07) is 15.5. The van der Waals surface area contributed by atoms with Crippen molar-refractivity contribution < 1.29 is 18.9 Å². The van der Waals surface area contributed by atoms with Crippen LogP contribution in [0.3, 0.4) is 0 Å². The summed E-state index contributed by atoms with van der Waals surface area (Å²) >= 11 is 0. The van der Waals surface area contributed by atoms with E-state index in [1.165, 1.54) is 0 Å². The van der Waals surface area contributed by atoms with Crippen molar-refractivity contribution in [2.75, 3.05) is 38.8 Å². The fourth-order valence-corrected chi connectivity index (χ4v) is 3.45. The summed E-state index contributed by atoms with van der Waals surface area (Å²) in [5, 5.41) is 8.73. The summed E-state index contributed by atoms with van der Waals surface area (Å²) in [4.78, 5) is 2.19. The lowest BCUT2D eigenvalue weighted by atomic mass is 10.1. The summed E-state index contributed by atoms with van der Waals surface area (Å²) in [6.45, 7) is 2.40. The number of ether oxygens (including phenoxy) is 4. The van der Waals surface area contributed by atoms with Crippen molar-refractivity contribution in [1.29, 1.82) is 0 Å². The molecule has 0 unspecified atom stereocenters. The number of morpholine rings is 1. The highest BCUT2D eigenvalue weighted by Crippen LogP contribution is 2.27. The highest BCUT2D eigenvalue weighted by molar-refractivity contribution is 5.36. The number of anilines is 1. The Morgan fingerprint density at radius 3 is 2.53 bits per heavy atom. The molecule has 1 aliphatic heterocycles. The lowest BCUT2D eigenvalue weighted by molar-refractivity contribution is 0.0389. The van der Waals surface area contributed by atoms with Gasteiger partial charge in [-0.2, -0.15) is 0 Å². The molecule has 0 radical (unpaired) electrons. The molecule has 3 aromatic rings. The molecule has 2 heterocycles. The van der Waals surface area contributed by atoms with Crippen LogP contribution < -0.4 is 19.1 Å². The van der Waals surface area contributed by atoms with Gasteiger partial charge in [0, 0.05) is 13.6 Å².